The molecule has 2 amide bonds. The van der Waals surface area contributed by atoms with Crippen molar-refractivity contribution in [3.63, 3.8) is 0 Å². The Labute approximate surface area is 222 Å². The van der Waals surface area contributed by atoms with Gasteiger partial charge in [-0.25, -0.2) is 0 Å². The van der Waals surface area contributed by atoms with Gasteiger partial charge in [0.15, 0.2) is 0 Å². The number of hydrogen-bond acceptors (Lipinski definition) is 2. The number of nitrogens with zero attached hydrogens (tertiary/aromatic N) is 1. The highest BCUT2D eigenvalue weighted by molar-refractivity contribution is 5.88. The summed E-state index contributed by atoms with van der Waals surface area (Å²) >= 11 is 0. The second kappa shape index (κ2) is 13.2. The molecule has 194 valence electrons. The van der Waals surface area contributed by atoms with Crippen LogP contribution in [0.2, 0.25) is 0 Å². The third-order valence-electron chi connectivity index (χ3n) is 7.50. The molecule has 1 unspecified atom stereocenters. The molecule has 4 heteroatoms. The van der Waals surface area contributed by atoms with E-state index in [-0.39, 0.29) is 17.9 Å². The monoisotopic (exact) mass is 496 g/mol. The average molecular weight is 497 g/mol. The van der Waals surface area contributed by atoms with Gasteiger partial charge in [-0.05, 0) is 54.9 Å². The highest BCUT2D eigenvalue weighted by atomic mass is 16.2. The number of nitrogens with one attached hydrogen (secondary N) is 1. The van der Waals surface area contributed by atoms with Crippen molar-refractivity contribution >= 4 is 11.8 Å². The minimum absolute atomic E-state index is 0.0163. The van der Waals surface area contributed by atoms with Crippen LogP contribution >= 0.6 is 0 Å². The van der Waals surface area contributed by atoms with Gasteiger partial charge in [0.1, 0.15) is 6.04 Å². The fourth-order valence-electron chi connectivity index (χ4n) is 5.15. The second-order valence-corrected chi connectivity index (χ2v) is 10.4. The Kier molecular flexibility index (Phi) is 9.53. The van der Waals surface area contributed by atoms with Gasteiger partial charge in [0.25, 0.3) is 0 Å². The third-order valence-corrected chi connectivity index (χ3v) is 7.50. The SMILES string of the molecule is CCc1ccc(CCC(=O)N(Cc2ccc(C)cc2)C(Cc2ccccc2)C(=O)NC2CCCC2)cc1. The van der Waals surface area contributed by atoms with Gasteiger partial charge in [-0.3, -0.25) is 9.59 Å². The van der Waals surface area contributed by atoms with Crippen molar-refractivity contribution in [1.29, 1.82) is 0 Å². The molecule has 0 heterocycles. The standard InChI is InChI=1S/C33H40N2O2/c1-3-26-17-19-27(20-18-26)21-22-32(36)35(24-29-15-13-25(2)14-16-29)31(23-28-9-5-4-6-10-28)33(37)34-30-11-7-8-12-30/h4-6,9-10,13-20,30-31H,3,7-8,11-12,21-24H2,1-2H3,(H,34,37). The van der Waals surface area contributed by atoms with E-state index >= 15 is 0 Å². The minimum atomic E-state index is -0.556. The molecule has 0 saturated heterocycles. The van der Waals surface area contributed by atoms with Crippen LogP contribution in [0.3, 0.4) is 0 Å². The Bertz CT molecular complexity index is 1130. The number of aryl methyl sites for hydroxylation is 3. The molecule has 37 heavy (non-hydrogen) atoms. The molecule has 1 fully saturated rings. The summed E-state index contributed by atoms with van der Waals surface area (Å²) < 4.78 is 0. The van der Waals surface area contributed by atoms with E-state index in [1.807, 2.05) is 35.2 Å². The largest absolute Gasteiger partial charge is 0.352 e. The molecule has 1 aliphatic rings. The molecule has 3 aromatic rings. The van der Waals surface area contributed by atoms with Crippen LogP contribution in [-0.2, 0) is 35.4 Å². The van der Waals surface area contributed by atoms with E-state index in [4.69, 9.17) is 0 Å². The maximum absolute atomic E-state index is 13.8. The van der Waals surface area contributed by atoms with E-state index in [0.717, 1.165) is 48.8 Å². The van der Waals surface area contributed by atoms with Crippen LogP contribution < -0.4 is 5.32 Å². The van der Waals surface area contributed by atoms with Gasteiger partial charge in [0.05, 0.1) is 0 Å². The topological polar surface area (TPSA) is 49.4 Å². The van der Waals surface area contributed by atoms with Crippen LogP contribution in [0.1, 0.15) is 66.8 Å². The normalized spacial score (nSPS) is 14.3. The highest BCUT2D eigenvalue weighted by Crippen LogP contribution is 2.21. The molecule has 4 rings (SSSR count). The van der Waals surface area contributed by atoms with Crippen LogP contribution in [0.15, 0.2) is 78.9 Å². The van der Waals surface area contributed by atoms with Gasteiger partial charge in [-0.2, -0.15) is 0 Å². The molecule has 0 spiro atoms. The smallest absolute Gasteiger partial charge is 0.243 e. The Morgan fingerprint density at radius 3 is 2.11 bits per heavy atom. The summed E-state index contributed by atoms with van der Waals surface area (Å²) in [5.41, 5.74) is 5.72. The number of hydrogen-bond donors (Lipinski definition) is 1. The van der Waals surface area contributed by atoms with Crippen LogP contribution in [0.25, 0.3) is 0 Å². The molecular weight excluding hydrogens is 456 g/mol. The van der Waals surface area contributed by atoms with Crippen LogP contribution in [0, 0.1) is 6.92 Å². The zero-order chi connectivity index (χ0) is 26.0. The van der Waals surface area contributed by atoms with Crippen LogP contribution in [-0.4, -0.2) is 28.8 Å². The maximum Gasteiger partial charge on any atom is 0.243 e. The van der Waals surface area contributed by atoms with Crippen molar-refractivity contribution in [2.24, 2.45) is 0 Å². The summed E-state index contributed by atoms with van der Waals surface area (Å²) in [6.07, 6.45) is 6.87. The molecule has 0 aromatic heterocycles. The summed E-state index contributed by atoms with van der Waals surface area (Å²) in [5.74, 6) is -0.0221. The lowest BCUT2D eigenvalue weighted by Gasteiger charge is -2.32. The molecule has 1 saturated carbocycles. The highest BCUT2D eigenvalue weighted by Gasteiger charge is 2.32. The molecule has 1 atom stereocenters. The zero-order valence-corrected chi connectivity index (χ0v) is 22.3. The number of carbonyl (C=O) groups is 2. The molecule has 3 aromatic carbocycles. The summed E-state index contributed by atoms with van der Waals surface area (Å²) in [5, 5.41) is 3.28. The van der Waals surface area contributed by atoms with Crippen molar-refractivity contribution in [2.45, 2.75) is 83.8 Å². The lowest BCUT2D eigenvalue weighted by molar-refractivity contribution is -0.141. The molecular formula is C33H40N2O2. The van der Waals surface area contributed by atoms with Gasteiger partial charge in [-0.15, -0.1) is 0 Å². The Morgan fingerprint density at radius 1 is 0.838 bits per heavy atom. The van der Waals surface area contributed by atoms with Gasteiger partial charge >= 0.3 is 0 Å². The molecule has 1 aliphatic carbocycles. The molecule has 0 radical (unpaired) electrons. The number of carbonyl (C=O) groups excluding carboxylic acids is 2. The first kappa shape index (κ1) is 26.7. The van der Waals surface area contributed by atoms with Gasteiger partial charge in [-0.1, -0.05) is 104 Å². The third kappa shape index (κ3) is 7.79. The van der Waals surface area contributed by atoms with E-state index < -0.39 is 6.04 Å². The van der Waals surface area contributed by atoms with Crippen LogP contribution in [0.5, 0.6) is 0 Å². The fraction of sp³-hybridized carbons (Fsp3) is 0.394. The van der Waals surface area contributed by atoms with Gasteiger partial charge in [0, 0.05) is 25.4 Å². The minimum Gasteiger partial charge on any atom is -0.352 e. The van der Waals surface area contributed by atoms with E-state index in [9.17, 15) is 9.59 Å². The molecule has 0 bridgehead atoms. The number of rotatable bonds is 11. The number of amides is 2. The summed E-state index contributed by atoms with van der Waals surface area (Å²) in [6, 6.07) is 26.5. The predicted molar refractivity (Wildman–Crippen MR) is 150 cm³/mol. The Hall–Kier alpha value is -3.40. The van der Waals surface area contributed by atoms with Gasteiger partial charge in [0.2, 0.25) is 11.8 Å². The molecule has 1 N–H and O–H groups in total. The first-order valence-corrected chi connectivity index (χ1v) is 13.8. The van der Waals surface area contributed by atoms with Crippen LogP contribution in [0.4, 0.5) is 0 Å². The van der Waals surface area contributed by atoms with Crippen molar-refractivity contribution in [3.8, 4) is 0 Å². The van der Waals surface area contributed by atoms with E-state index in [1.54, 1.807) is 0 Å². The molecule has 0 aliphatic heterocycles. The quantitative estimate of drug-likeness (QED) is 0.344. The van der Waals surface area contributed by atoms with E-state index in [0.29, 0.717) is 25.8 Å². The van der Waals surface area contributed by atoms with Crippen molar-refractivity contribution in [2.75, 3.05) is 0 Å². The summed E-state index contributed by atoms with van der Waals surface area (Å²) in [4.78, 5) is 29.4. The zero-order valence-electron chi connectivity index (χ0n) is 22.3. The van der Waals surface area contributed by atoms with Crippen molar-refractivity contribution < 1.29 is 9.59 Å². The lowest BCUT2D eigenvalue weighted by atomic mass is 10.0. The first-order valence-electron chi connectivity index (χ1n) is 13.8. The van der Waals surface area contributed by atoms with Crippen molar-refractivity contribution in [3.05, 3.63) is 107 Å². The first-order chi connectivity index (χ1) is 18.0. The second-order valence-electron chi connectivity index (χ2n) is 10.4. The summed E-state index contributed by atoms with van der Waals surface area (Å²) in [6.45, 7) is 4.62. The summed E-state index contributed by atoms with van der Waals surface area (Å²) in [7, 11) is 0. The van der Waals surface area contributed by atoms with Crippen molar-refractivity contribution in [1.82, 2.24) is 10.2 Å². The predicted octanol–water partition coefficient (Wildman–Crippen LogP) is 6.19. The average Bonchev–Trinajstić information content (AvgIpc) is 3.44. The fourth-order valence-corrected chi connectivity index (χ4v) is 5.15. The molecule has 4 nitrogen and oxygen atoms in total. The number of benzene rings is 3. The lowest BCUT2D eigenvalue weighted by Crippen LogP contribution is -2.52. The van der Waals surface area contributed by atoms with E-state index in [2.05, 4.69) is 67.7 Å². The van der Waals surface area contributed by atoms with E-state index in [1.165, 1.54) is 11.1 Å². The Balaban J connectivity index is 1.58. The maximum atomic E-state index is 13.8. The van der Waals surface area contributed by atoms with Gasteiger partial charge < -0.3 is 10.2 Å². The Morgan fingerprint density at radius 2 is 1.46 bits per heavy atom.